The van der Waals surface area contributed by atoms with Crippen LogP contribution in [-0.2, 0) is 11.2 Å². The smallest absolute Gasteiger partial charge is 0.222 e. The molecule has 1 amide bonds. The minimum absolute atomic E-state index is 0.222. The number of aromatic nitrogens is 2. The number of aryl methyl sites for hydroxylation is 1. The summed E-state index contributed by atoms with van der Waals surface area (Å²) in [5, 5.41) is 6.91. The first-order valence-corrected chi connectivity index (χ1v) is 7.34. The Labute approximate surface area is 124 Å². The van der Waals surface area contributed by atoms with Gasteiger partial charge in [0, 0.05) is 25.4 Å². The van der Waals surface area contributed by atoms with Crippen LogP contribution in [0, 0.1) is 0 Å². The van der Waals surface area contributed by atoms with Gasteiger partial charge in [0.25, 0.3) is 0 Å². The number of aromatic amines is 1. The molecule has 5 nitrogen and oxygen atoms in total. The minimum Gasteiger partial charge on any atom is -0.396 e. The molecular formula is C16H20N4O. The Kier molecular flexibility index (Phi) is 3.90. The molecule has 1 aliphatic heterocycles. The Balaban J connectivity index is 1.54. The van der Waals surface area contributed by atoms with Crippen molar-refractivity contribution < 1.29 is 4.79 Å². The van der Waals surface area contributed by atoms with Gasteiger partial charge in [0.15, 0.2) is 0 Å². The van der Waals surface area contributed by atoms with E-state index in [2.05, 4.69) is 22.3 Å². The van der Waals surface area contributed by atoms with Crippen LogP contribution in [0.3, 0.4) is 0 Å². The van der Waals surface area contributed by atoms with Crippen molar-refractivity contribution in [3.05, 3.63) is 47.8 Å². The molecule has 110 valence electrons. The lowest BCUT2D eigenvalue weighted by Crippen LogP contribution is -2.28. The van der Waals surface area contributed by atoms with Gasteiger partial charge in [-0.15, -0.1) is 0 Å². The molecule has 0 bridgehead atoms. The molecule has 1 atom stereocenters. The lowest BCUT2D eigenvalue weighted by atomic mass is 10.0. The monoisotopic (exact) mass is 284 g/mol. The number of anilines is 1. The number of rotatable bonds is 4. The average molecular weight is 284 g/mol. The first-order valence-electron chi connectivity index (χ1n) is 7.34. The molecule has 3 N–H and O–H groups in total. The number of carbonyl (C=O) groups is 1. The van der Waals surface area contributed by atoms with E-state index in [-0.39, 0.29) is 11.8 Å². The van der Waals surface area contributed by atoms with Gasteiger partial charge in [-0.1, -0.05) is 30.3 Å². The van der Waals surface area contributed by atoms with E-state index in [0.717, 1.165) is 31.6 Å². The summed E-state index contributed by atoms with van der Waals surface area (Å²) in [6, 6.07) is 10.1. The predicted octanol–water partition coefficient (Wildman–Crippen LogP) is 1.94. The molecule has 21 heavy (non-hydrogen) atoms. The van der Waals surface area contributed by atoms with E-state index in [4.69, 9.17) is 5.73 Å². The summed E-state index contributed by atoms with van der Waals surface area (Å²) >= 11 is 0. The Morgan fingerprint density at radius 3 is 2.90 bits per heavy atom. The lowest BCUT2D eigenvalue weighted by Gasteiger charge is -2.16. The fourth-order valence-corrected chi connectivity index (χ4v) is 2.91. The maximum absolute atomic E-state index is 12.3. The second kappa shape index (κ2) is 5.99. The first-order chi connectivity index (χ1) is 10.2. The van der Waals surface area contributed by atoms with Crippen molar-refractivity contribution in [2.75, 3.05) is 18.8 Å². The molecule has 0 radical (unpaired) electrons. The topological polar surface area (TPSA) is 75.0 Å². The molecule has 1 unspecified atom stereocenters. The summed E-state index contributed by atoms with van der Waals surface area (Å²) in [6.45, 7) is 1.54. The molecular weight excluding hydrogens is 264 g/mol. The van der Waals surface area contributed by atoms with Gasteiger partial charge in [0.2, 0.25) is 5.91 Å². The molecule has 2 aromatic rings. The van der Waals surface area contributed by atoms with E-state index in [1.165, 1.54) is 5.56 Å². The molecule has 1 fully saturated rings. The molecule has 1 aliphatic rings. The number of H-pyrrole nitrogens is 1. The minimum atomic E-state index is 0.222. The SMILES string of the molecule is Nc1cn[nH]c1C1CCN(C(=O)CCc2ccccc2)C1. The Hall–Kier alpha value is -2.30. The summed E-state index contributed by atoms with van der Waals surface area (Å²) in [6.07, 6.45) is 3.95. The summed E-state index contributed by atoms with van der Waals surface area (Å²) in [4.78, 5) is 14.2. The van der Waals surface area contributed by atoms with E-state index in [0.29, 0.717) is 12.1 Å². The van der Waals surface area contributed by atoms with Crippen molar-refractivity contribution in [2.24, 2.45) is 0 Å². The fourth-order valence-electron chi connectivity index (χ4n) is 2.91. The summed E-state index contributed by atoms with van der Waals surface area (Å²) in [5.41, 5.74) is 8.75. The van der Waals surface area contributed by atoms with Gasteiger partial charge in [-0.25, -0.2) is 0 Å². The van der Waals surface area contributed by atoms with Crippen LogP contribution in [0.5, 0.6) is 0 Å². The van der Waals surface area contributed by atoms with Crippen LogP contribution in [0.15, 0.2) is 36.5 Å². The highest BCUT2D eigenvalue weighted by molar-refractivity contribution is 5.77. The largest absolute Gasteiger partial charge is 0.396 e. The van der Waals surface area contributed by atoms with Crippen LogP contribution in [0.4, 0.5) is 5.69 Å². The number of nitrogens with zero attached hydrogens (tertiary/aromatic N) is 2. The zero-order valence-electron chi connectivity index (χ0n) is 12.0. The number of benzene rings is 1. The van der Waals surface area contributed by atoms with Gasteiger partial charge in [0.1, 0.15) is 0 Å². The number of carbonyl (C=O) groups excluding carboxylic acids is 1. The van der Waals surface area contributed by atoms with Crippen LogP contribution in [-0.4, -0.2) is 34.1 Å². The molecule has 1 aromatic carbocycles. The van der Waals surface area contributed by atoms with Gasteiger partial charge in [-0.05, 0) is 18.4 Å². The van der Waals surface area contributed by atoms with E-state index in [1.807, 2.05) is 23.1 Å². The molecule has 2 heterocycles. The van der Waals surface area contributed by atoms with Crippen molar-refractivity contribution in [1.29, 1.82) is 0 Å². The highest BCUT2D eigenvalue weighted by atomic mass is 16.2. The number of nitrogens with two attached hydrogens (primary N) is 1. The van der Waals surface area contributed by atoms with Crippen LogP contribution < -0.4 is 5.73 Å². The third kappa shape index (κ3) is 3.07. The van der Waals surface area contributed by atoms with Crippen LogP contribution in [0.2, 0.25) is 0 Å². The third-order valence-corrected chi connectivity index (χ3v) is 4.12. The second-order valence-electron chi connectivity index (χ2n) is 5.55. The van der Waals surface area contributed by atoms with E-state index in [1.54, 1.807) is 6.20 Å². The summed E-state index contributed by atoms with van der Waals surface area (Å²) in [7, 11) is 0. The molecule has 3 rings (SSSR count). The molecule has 0 spiro atoms. The summed E-state index contributed by atoms with van der Waals surface area (Å²) in [5.74, 6) is 0.507. The Bertz CT molecular complexity index is 608. The van der Waals surface area contributed by atoms with Gasteiger partial charge < -0.3 is 10.6 Å². The van der Waals surface area contributed by atoms with Crippen LogP contribution >= 0.6 is 0 Å². The highest BCUT2D eigenvalue weighted by Gasteiger charge is 2.29. The highest BCUT2D eigenvalue weighted by Crippen LogP contribution is 2.29. The molecule has 0 aliphatic carbocycles. The maximum Gasteiger partial charge on any atom is 0.222 e. The van der Waals surface area contributed by atoms with Crippen molar-refractivity contribution >= 4 is 11.6 Å². The van der Waals surface area contributed by atoms with Crippen LogP contribution in [0.1, 0.15) is 30.0 Å². The number of hydrogen-bond acceptors (Lipinski definition) is 3. The van der Waals surface area contributed by atoms with Crippen molar-refractivity contribution in [3.63, 3.8) is 0 Å². The molecule has 1 saturated heterocycles. The Morgan fingerprint density at radius 1 is 1.38 bits per heavy atom. The number of nitrogens with one attached hydrogen (secondary N) is 1. The van der Waals surface area contributed by atoms with Crippen molar-refractivity contribution in [1.82, 2.24) is 15.1 Å². The van der Waals surface area contributed by atoms with E-state index >= 15 is 0 Å². The quantitative estimate of drug-likeness (QED) is 0.901. The number of likely N-dealkylation sites (tertiary alicyclic amines) is 1. The van der Waals surface area contributed by atoms with E-state index in [9.17, 15) is 4.79 Å². The standard InChI is InChI=1S/C16H20N4O/c17-14-10-18-19-16(14)13-8-9-20(11-13)15(21)7-6-12-4-2-1-3-5-12/h1-5,10,13H,6-9,11,17H2,(H,18,19). The molecule has 0 saturated carbocycles. The number of amides is 1. The van der Waals surface area contributed by atoms with Crippen molar-refractivity contribution in [3.8, 4) is 0 Å². The first kappa shape index (κ1) is 13.7. The maximum atomic E-state index is 12.3. The zero-order valence-corrected chi connectivity index (χ0v) is 12.0. The third-order valence-electron chi connectivity index (χ3n) is 4.12. The van der Waals surface area contributed by atoms with Gasteiger partial charge in [-0.2, -0.15) is 5.10 Å². The van der Waals surface area contributed by atoms with Crippen LogP contribution in [0.25, 0.3) is 0 Å². The number of hydrogen-bond donors (Lipinski definition) is 2. The van der Waals surface area contributed by atoms with Gasteiger partial charge in [0.05, 0.1) is 17.6 Å². The Morgan fingerprint density at radius 2 is 2.19 bits per heavy atom. The molecule has 5 heteroatoms. The normalized spacial score (nSPS) is 18.1. The zero-order chi connectivity index (χ0) is 14.7. The molecule has 1 aromatic heterocycles. The van der Waals surface area contributed by atoms with Gasteiger partial charge in [-0.3, -0.25) is 9.89 Å². The van der Waals surface area contributed by atoms with Gasteiger partial charge >= 0.3 is 0 Å². The number of nitrogen functional groups attached to an aromatic ring is 1. The van der Waals surface area contributed by atoms with E-state index < -0.39 is 0 Å². The second-order valence-corrected chi connectivity index (χ2v) is 5.55. The lowest BCUT2D eigenvalue weighted by molar-refractivity contribution is -0.130. The predicted molar refractivity (Wildman–Crippen MR) is 81.7 cm³/mol. The average Bonchev–Trinajstić information content (AvgIpc) is 3.14. The fraction of sp³-hybridized carbons (Fsp3) is 0.375. The van der Waals surface area contributed by atoms with Crippen molar-refractivity contribution in [2.45, 2.75) is 25.2 Å². The summed E-state index contributed by atoms with van der Waals surface area (Å²) < 4.78 is 0.